The number of nitrogens with one attached hydrogen (secondary N) is 1. The van der Waals surface area contributed by atoms with Crippen molar-refractivity contribution in [1.82, 2.24) is 14.3 Å². The van der Waals surface area contributed by atoms with Crippen molar-refractivity contribution in [2.24, 2.45) is 12.5 Å². The van der Waals surface area contributed by atoms with Gasteiger partial charge in [0.25, 0.3) is 11.5 Å². The minimum absolute atomic E-state index is 0.0141. The molecular formula is C32H29FN4O4. The monoisotopic (exact) mass is 552 g/mol. The highest BCUT2D eigenvalue weighted by Gasteiger charge is 2.38. The number of fused-ring (bicyclic) bond motifs is 1. The van der Waals surface area contributed by atoms with Crippen molar-refractivity contribution in [2.75, 3.05) is 11.9 Å². The summed E-state index contributed by atoms with van der Waals surface area (Å²) in [5.74, 6) is -0.144. The SMILES string of the molecule is Cc1c(C(=O)Nc2ccc(Oc3ccnc4cc(OCC5(C)CC5)ccc34)c(F)c2)c(=O)n(-c2ccccc2)n1C. The van der Waals surface area contributed by atoms with Gasteiger partial charge in [0.15, 0.2) is 11.6 Å². The van der Waals surface area contributed by atoms with Gasteiger partial charge in [0.2, 0.25) is 0 Å². The second-order valence-electron chi connectivity index (χ2n) is 10.7. The number of pyridine rings is 1. The van der Waals surface area contributed by atoms with E-state index in [1.807, 2.05) is 36.4 Å². The molecule has 0 unspecified atom stereocenters. The van der Waals surface area contributed by atoms with E-state index in [2.05, 4.69) is 17.2 Å². The fraction of sp³-hybridized carbons (Fsp3) is 0.219. The Kier molecular flexibility index (Phi) is 6.57. The number of amides is 1. The quantitative estimate of drug-likeness (QED) is 0.241. The average Bonchev–Trinajstić information content (AvgIpc) is 3.66. The van der Waals surface area contributed by atoms with Gasteiger partial charge in [0, 0.05) is 41.9 Å². The molecule has 3 aromatic carbocycles. The predicted molar refractivity (Wildman–Crippen MR) is 155 cm³/mol. The fourth-order valence-corrected chi connectivity index (χ4v) is 4.70. The van der Waals surface area contributed by atoms with Gasteiger partial charge in [-0.05, 0) is 62.2 Å². The molecule has 1 amide bonds. The van der Waals surface area contributed by atoms with Crippen LogP contribution in [0.3, 0.4) is 0 Å². The molecule has 6 rings (SSSR count). The zero-order valence-electron chi connectivity index (χ0n) is 23.0. The predicted octanol–water partition coefficient (Wildman–Crippen LogP) is 6.40. The molecule has 1 saturated carbocycles. The smallest absolute Gasteiger partial charge is 0.284 e. The summed E-state index contributed by atoms with van der Waals surface area (Å²) < 4.78 is 30.0. The summed E-state index contributed by atoms with van der Waals surface area (Å²) in [5, 5.41) is 3.35. The summed E-state index contributed by atoms with van der Waals surface area (Å²) >= 11 is 0. The maximum atomic E-state index is 15.1. The molecule has 2 heterocycles. The van der Waals surface area contributed by atoms with Gasteiger partial charge >= 0.3 is 0 Å². The third-order valence-electron chi connectivity index (χ3n) is 7.56. The maximum absolute atomic E-state index is 15.1. The van der Waals surface area contributed by atoms with Crippen LogP contribution in [0, 0.1) is 18.2 Å². The van der Waals surface area contributed by atoms with Crippen LogP contribution < -0.4 is 20.3 Å². The number of rotatable bonds is 8. The maximum Gasteiger partial charge on any atom is 0.284 e. The molecular weight excluding hydrogens is 523 g/mol. The van der Waals surface area contributed by atoms with E-state index in [1.165, 1.54) is 29.7 Å². The molecule has 5 aromatic rings. The highest BCUT2D eigenvalue weighted by Crippen LogP contribution is 2.45. The van der Waals surface area contributed by atoms with Crippen LogP contribution in [-0.4, -0.2) is 26.9 Å². The van der Waals surface area contributed by atoms with Crippen molar-refractivity contribution in [3.05, 3.63) is 106 Å². The van der Waals surface area contributed by atoms with Crippen LogP contribution in [0.2, 0.25) is 0 Å². The number of aromatic nitrogens is 3. The molecule has 1 aliphatic rings. The lowest BCUT2D eigenvalue weighted by atomic mass is 10.1. The first kappa shape index (κ1) is 26.3. The number of para-hydroxylation sites is 1. The fourth-order valence-electron chi connectivity index (χ4n) is 4.70. The van der Waals surface area contributed by atoms with Gasteiger partial charge in [-0.15, -0.1) is 0 Å². The molecule has 8 nitrogen and oxygen atoms in total. The van der Waals surface area contributed by atoms with Crippen LogP contribution in [0.25, 0.3) is 16.6 Å². The van der Waals surface area contributed by atoms with E-state index in [4.69, 9.17) is 9.47 Å². The number of halogens is 1. The molecule has 2 aromatic heterocycles. The van der Waals surface area contributed by atoms with Crippen LogP contribution in [0.5, 0.6) is 17.2 Å². The Hall–Kier alpha value is -4.92. The van der Waals surface area contributed by atoms with Gasteiger partial charge in [-0.2, -0.15) is 0 Å². The minimum atomic E-state index is -0.670. The van der Waals surface area contributed by atoms with Gasteiger partial charge in [-0.25, -0.2) is 9.07 Å². The van der Waals surface area contributed by atoms with Gasteiger partial charge in [0.1, 0.15) is 17.1 Å². The van der Waals surface area contributed by atoms with Crippen molar-refractivity contribution in [1.29, 1.82) is 0 Å². The van der Waals surface area contributed by atoms with Crippen LogP contribution in [0.1, 0.15) is 35.8 Å². The molecule has 1 N–H and O–H groups in total. The first-order valence-electron chi connectivity index (χ1n) is 13.4. The van der Waals surface area contributed by atoms with E-state index in [0.717, 1.165) is 11.8 Å². The molecule has 0 radical (unpaired) electrons. The highest BCUT2D eigenvalue weighted by molar-refractivity contribution is 6.05. The van der Waals surface area contributed by atoms with E-state index >= 15 is 4.39 Å². The van der Waals surface area contributed by atoms with Crippen molar-refractivity contribution < 1.29 is 18.7 Å². The van der Waals surface area contributed by atoms with Gasteiger partial charge in [0.05, 0.1) is 23.5 Å². The Morgan fingerprint density at radius 2 is 1.83 bits per heavy atom. The second kappa shape index (κ2) is 10.2. The third-order valence-corrected chi connectivity index (χ3v) is 7.56. The number of benzene rings is 3. The second-order valence-corrected chi connectivity index (χ2v) is 10.7. The van der Waals surface area contributed by atoms with Crippen LogP contribution in [0.4, 0.5) is 10.1 Å². The van der Waals surface area contributed by atoms with Gasteiger partial charge in [-0.3, -0.25) is 19.3 Å². The number of carbonyl (C=O) groups is 1. The molecule has 1 fully saturated rings. The van der Waals surface area contributed by atoms with Crippen LogP contribution >= 0.6 is 0 Å². The molecule has 0 saturated heterocycles. The number of nitrogens with zero attached hydrogens (tertiary/aromatic N) is 3. The van der Waals surface area contributed by atoms with E-state index in [0.29, 0.717) is 34.6 Å². The summed E-state index contributed by atoms with van der Waals surface area (Å²) in [4.78, 5) is 30.7. The Balaban J connectivity index is 1.20. The molecule has 0 bridgehead atoms. The standard InChI is InChI=1S/C32H29FN4O4/c1-20-29(31(39)37(36(20)3)22-7-5-4-6-8-22)30(38)35-21-9-12-28(25(33)17-21)41-27-13-16-34-26-18-23(10-11-24(26)27)40-19-32(2)14-15-32/h4-13,16-18H,14-15,19H2,1-3H3,(H,35,38). The zero-order chi connectivity index (χ0) is 28.7. The molecule has 0 spiro atoms. The minimum Gasteiger partial charge on any atom is -0.493 e. The number of hydrogen-bond acceptors (Lipinski definition) is 5. The Bertz CT molecular complexity index is 1840. The van der Waals surface area contributed by atoms with Crippen molar-refractivity contribution >= 4 is 22.5 Å². The lowest BCUT2D eigenvalue weighted by molar-refractivity contribution is 0.102. The summed E-state index contributed by atoms with van der Waals surface area (Å²) in [6.07, 6.45) is 3.94. The van der Waals surface area contributed by atoms with E-state index in [-0.39, 0.29) is 22.4 Å². The van der Waals surface area contributed by atoms with Gasteiger partial charge < -0.3 is 14.8 Å². The van der Waals surface area contributed by atoms with Gasteiger partial charge in [-0.1, -0.05) is 25.1 Å². The summed E-state index contributed by atoms with van der Waals surface area (Å²) in [6, 6.07) is 20.4. The number of hydrogen-bond donors (Lipinski definition) is 1. The molecule has 0 aliphatic heterocycles. The summed E-state index contributed by atoms with van der Waals surface area (Å²) in [5.41, 5.74) is 1.76. The Morgan fingerprint density at radius 1 is 1.05 bits per heavy atom. The molecule has 9 heteroatoms. The molecule has 1 aliphatic carbocycles. The lowest BCUT2D eigenvalue weighted by Crippen LogP contribution is -2.25. The molecule has 0 atom stereocenters. The van der Waals surface area contributed by atoms with E-state index in [9.17, 15) is 9.59 Å². The first-order chi connectivity index (χ1) is 19.7. The number of ether oxygens (including phenoxy) is 2. The van der Waals surface area contributed by atoms with Crippen LogP contribution in [0.15, 0.2) is 83.8 Å². The number of carbonyl (C=O) groups excluding carboxylic acids is 1. The van der Waals surface area contributed by atoms with Crippen molar-refractivity contribution in [3.8, 4) is 22.9 Å². The highest BCUT2D eigenvalue weighted by atomic mass is 19.1. The van der Waals surface area contributed by atoms with Crippen molar-refractivity contribution in [3.63, 3.8) is 0 Å². The summed E-state index contributed by atoms with van der Waals surface area (Å²) in [6.45, 7) is 4.55. The average molecular weight is 553 g/mol. The largest absolute Gasteiger partial charge is 0.493 e. The topological polar surface area (TPSA) is 87.4 Å². The molecule has 208 valence electrons. The Morgan fingerprint density at radius 3 is 2.56 bits per heavy atom. The normalized spacial score (nSPS) is 13.7. The van der Waals surface area contributed by atoms with E-state index < -0.39 is 17.3 Å². The third kappa shape index (κ3) is 5.18. The van der Waals surface area contributed by atoms with E-state index in [1.54, 1.807) is 43.0 Å². The lowest BCUT2D eigenvalue weighted by Gasteiger charge is -2.13. The first-order valence-corrected chi connectivity index (χ1v) is 13.4. The molecule has 41 heavy (non-hydrogen) atoms. The zero-order valence-corrected chi connectivity index (χ0v) is 23.0. The number of anilines is 1. The summed E-state index contributed by atoms with van der Waals surface area (Å²) in [7, 11) is 1.71. The Labute approximate surface area is 236 Å². The van der Waals surface area contributed by atoms with Crippen molar-refractivity contribution in [2.45, 2.75) is 26.7 Å². The van der Waals surface area contributed by atoms with Crippen LogP contribution in [-0.2, 0) is 7.05 Å².